The second-order valence-electron chi connectivity index (χ2n) is 10.8. The number of hydrogen-bond donors (Lipinski definition) is 0. The molecular formula is C32H28F6N2O2. The topological polar surface area (TPSA) is 40.6 Å². The number of carbonyl (C=O) groups excluding carboxylic acids is 2. The van der Waals surface area contributed by atoms with Crippen LogP contribution in [0.25, 0.3) is 21.5 Å². The van der Waals surface area contributed by atoms with E-state index < -0.39 is 24.2 Å². The Labute approximate surface area is 238 Å². The number of rotatable bonds is 0. The third-order valence-corrected chi connectivity index (χ3v) is 8.55. The van der Waals surface area contributed by atoms with E-state index in [1.165, 1.54) is 0 Å². The van der Waals surface area contributed by atoms with Crippen LogP contribution in [-0.4, -0.2) is 34.0 Å². The van der Waals surface area contributed by atoms with Crippen molar-refractivity contribution in [2.45, 2.75) is 66.2 Å². The molecule has 0 unspecified atom stereocenters. The average Bonchev–Trinajstić information content (AvgIpc) is 2.94. The summed E-state index contributed by atoms with van der Waals surface area (Å²) in [5, 5.41) is 1.99. The largest absolute Gasteiger partial charge is 0.471 e. The number of benzene rings is 4. The van der Waals surface area contributed by atoms with Crippen LogP contribution < -0.4 is 0 Å². The van der Waals surface area contributed by atoms with Crippen molar-refractivity contribution in [3.8, 4) is 0 Å². The maximum absolute atomic E-state index is 14.0. The third kappa shape index (κ3) is 4.97. The van der Waals surface area contributed by atoms with Gasteiger partial charge in [-0.05, 0) is 93.7 Å². The molecule has 0 radical (unpaired) electrons. The van der Waals surface area contributed by atoms with Crippen molar-refractivity contribution < 1.29 is 35.9 Å². The first-order chi connectivity index (χ1) is 19.6. The van der Waals surface area contributed by atoms with Gasteiger partial charge in [0.25, 0.3) is 0 Å². The first kappa shape index (κ1) is 29.4. The fraction of sp³-hybridized carbons (Fsp3) is 0.312. The second kappa shape index (κ2) is 10.3. The van der Waals surface area contributed by atoms with Gasteiger partial charge in [-0.2, -0.15) is 26.3 Å². The Morgan fingerprint density at radius 1 is 0.500 bits per heavy atom. The zero-order valence-electron chi connectivity index (χ0n) is 23.4. The van der Waals surface area contributed by atoms with E-state index in [1.54, 1.807) is 76.2 Å². The molecule has 2 amide bonds. The maximum atomic E-state index is 14.0. The summed E-state index contributed by atoms with van der Waals surface area (Å²) in [6, 6.07) is 13.4. The van der Waals surface area contributed by atoms with E-state index >= 15 is 0 Å². The number of nitrogens with zero attached hydrogens (tertiary/aromatic N) is 2. The monoisotopic (exact) mass is 586 g/mol. The smallest absolute Gasteiger partial charge is 0.326 e. The van der Waals surface area contributed by atoms with E-state index in [2.05, 4.69) is 0 Å². The van der Waals surface area contributed by atoms with Gasteiger partial charge < -0.3 is 9.80 Å². The molecule has 42 heavy (non-hydrogen) atoms. The van der Waals surface area contributed by atoms with E-state index in [0.717, 1.165) is 9.80 Å². The lowest BCUT2D eigenvalue weighted by Gasteiger charge is -2.32. The van der Waals surface area contributed by atoms with Gasteiger partial charge in [-0.15, -0.1) is 0 Å². The first-order valence-corrected chi connectivity index (χ1v) is 13.3. The summed E-state index contributed by atoms with van der Waals surface area (Å²) in [5.41, 5.74) is 4.11. The van der Waals surface area contributed by atoms with Crippen LogP contribution in [0.3, 0.4) is 0 Å². The Morgan fingerprint density at radius 2 is 0.738 bits per heavy atom. The highest BCUT2D eigenvalue weighted by Gasteiger charge is 2.44. The molecule has 0 saturated carbocycles. The third-order valence-electron chi connectivity index (χ3n) is 8.55. The van der Waals surface area contributed by atoms with Crippen LogP contribution in [0.5, 0.6) is 0 Å². The fourth-order valence-electron chi connectivity index (χ4n) is 6.11. The molecule has 0 aliphatic carbocycles. The normalized spacial score (nSPS) is 14.6. The lowest BCUT2D eigenvalue weighted by Crippen LogP contribution is -2.41. The molecule has 0 atom stereocenters. The van der Waals surface area contributed by atoms with E-state index in [4.69, 9.17) is 0 Å². The van der Waals surface area contributed by atoms with E-state index in [1.807, 2.05) is 0 Å². The molecule has 0 saturated heterocycles. The zero-order valence-corrected chi connectivity index (χ0v) is 23.4. The van der Waals surface area contributed by atoms with Gasteiger partial charge in [-0.25, -0.2) is 0 Å². The molecule has 4 nitrogen and oxygen atoms in total. The summed E-state index contributed by atoms with van der Waals surface area (Å²) in [5.74, 6) is -3.96. The maximum Gasteiger partial charge on any atom is 0.471 e. The predicted molar refractivity (Wildman–Crippen MR) is 147 cm³/mol. The van der Waals surface area contributed by atoms with E-state index in [-0.39, 0.29) is 26.2 Å². The quantitative estimate of drug-likeness (QED) is 0.156. The Kier molecular flexibility index (Phi) is 7.23. The minimum absolute atomic E-state index is 0.354. The van der Waals surface area contributed by atoms with Crippen molar-refractivity contribution in [1.82, 2.24) is 9.80 Å². The molecule has 4 aliphatic heterocycles. The molecule has 0 fully saturated rings. The van der Waals surface area contributed by atoms with Gasteiger partial charge in [0.15, 0.2) is 0 Å². The number of amides is 2. The van der Waals surface area contributed by atoms with Crippen LogP contribution in [0.15, 0.2) is 48.5 Å². The van der Waals surface area contributed by atoms with Gasteiger partial charge in [0.1, 0.15) is 0 Å². The van der Waals surface area contributed by atoms with Crippen molar-refractivity contribution in [2.75, 3.05) is 0 Å². The summed E-state index contributed by atoms with van der Waals surface area (Å²) in [4.78, 5) is 27.4. The van der Waals surface area contributed by atoms with Crippen molar-refractivity contribution in [3.05, 3.63) is 93.0 Å². The molecule has 10 heteroatoms. The molecule has 0 aromatic heterocycles. The molecule has 4 heterocycles. The van der Waals surface area contributed by atoms with Crippen LogP contribution in [0.4, 0.5) is 26.3 Å². The SMILES string of the molecule is Cc1c(C)c2c(C)c(C)c1CN(C(=O)C(F)(F)F)Cc1c3ccccc3c(c3ccccc13)CN(C(=O)C(F)(F)F)C2. The van der Waals surface area contributed by atoms with E-state index in [9.17, 15) is 35.9 Å². The summed E-state index contributed by atoms with van der Waals surface area (Å²) < 4.78 is 83.9. The zero-order chi connectivity index (χ0) is 30.7. The molecule has 4 aromatic rings. The minimum atomic E-state index is -5.12. The molecule has 220 valence electrons. The number of alkyl halides is 6. The van der Waals surface area contributed by atoms with Gasteiger partial charge in [0.05, 0.1) is 0 Å². The standard InChI is InChI=1S/C32H28F6N2O2/c1-17-18(2)26-14-40(30(42)32(36,37)38)16-28-23-11-7-5-9-21(23)27(22-10-6-8-12-24(22)28)15-39(29(41)31(33,34)35)13-25(17)19(3)20(26)4/h5-12H,13-16H2,1-4H3. The van der Waals surface area contributed by atoms with Crippen LogP contribution in [-0.2, 0) is 35.8 Å². The second-order valence-corrected chi connectivity index (χ2v) is 10.8. The van der Waals surface area contributed by atoms with Crippen molar-refractivity contribution in [2.24, 2.45) is 0 Å². The van der Waals surface area contributed by atoms with E-state index in [0.29, 0.717) is 66.1 Å². The number of halogens is 6. The Hall–Kier alpha value is -4.08. The number of carbonyl (C=O) groups is 2. The number of hydrogen-bond acceptors (Lipinski definition) is 2. The lowest BCUT2D eigenvalue weighted by atomic mass is 9.87. The minimum Gasteiger partial charge on any atom is -0.326 e. The lowest BCUT2D eigenvalue weighted by molar-refractivity contribution is -0.186. The predicted octanol–water partition coefficient (Wildman–Crippen LogP) is 7.72. The van der Waals surface area contributed by atoms with Crippen molar-refractivity contribution >= 4 is 33.4 Å². The molecule has 4 bridgehead atoms. The Morgan fingerprint density at radius 3 is 0.976 bits per heavy atom. The van der Waals surface area contributed by atoms with Crippen molar-refractivity contribution in [3.63, 3.8) is 0 Å². The summed E-state index contributed by atoms with van der Waals surface area (Å²) in [6.07, 6.45) is -10.2. The van der Waals surface area contributed by atoms with Gasteiger partial charge in [-0.1, -0.05) is 48.5 Å². The van der Waals surface area contributed by atoms with Crippen LogP contribution in [0, 0.1) is 27.7 Å². The molecule has 0 N–H and O–H groups in total. The summed E-state index contributed by atoms with van der Waals surface area (Å²) in [6.45, 7) is 5.23. The van der Waals surface area contributed by atoms with Gasteiger partial charge in [-0.3, -0.25) is 9.59 Å². The van der Waals surface area contributed by atoms with Crippen LogP contribution >= 0.6 is 0 Å². The first-order valence-electron chi connectivity index (χ1n) is 13.3. The highest BCUT2D eigenvalue weighted by atomic mass is 19.4. The Balaban J connectivity index is 1.89. The summed E-state index contributed by atoms with van der Waals surface area (Å²) >= 11 is 0. The van der Waals surface area contributed by atoms with Gasteiger partial charge in [0.2, 0.25) is 0 Å². The average molecular weight is 587 g/mol. The fourth-order valence-corrected chi connectivity index (χ4v) is 6.11. The van der Waals surface area contributed by atoms with Crippen LogP contribution in [0.2, 0.25) is 0 Å². The summed E-state index contributed by atoms with van der Waals surface area (Å²) in [7, 11) is 0. The van der Waals surface area contributed by atoms with Gasteiger partial charge >= 0.3 is 24.2 Å². The molecule has 8 rings (SSSR count). The molecule has 4 aliphatic rings. The van der Waals surface area contributed by atoms with Gasteiger partial charge in [0, 0.05) is 26.2 Å². The van der Waals surface area contributed by atoms with Crippen molar-refractivity contribution in [1.29, 1.82) is 0 Å². The Bertz CT molecular complexity index is 1540. The molecule has 0 spiro atoms. The van der Waals surface area contributed by atoms with Crippen LogP contribution in [0.1, 0.15) is 44.5 Å². The highest BCUT2D eigenvalue weighted by Crippen LogP contribution is 2.38. The molecular weight excluding hydrogens is 558 g/mol. The highest BCUT2D eigenvalue weighted by molar-refractivity contribution is 6.06. The molecule has 4 aromatic carbocycles.